The minimum Gasteiger partial charge on any atom is -0.481 e. The van der Waals surface area contributed by atoms with Crippen molar-refractivity contribution in [3.8, 4) is 0 Å². The molecule has 0 radical (unpaired) electrons. The predicted octanol–water partition coefficient (Wildman–Crippen LogP) is 0.527. The molecule has 0 aliphatic carbocycles. The van der Waals surface area contributed by atoms with E-state index in [0.717, 1.165) is 4.68 Å². The zero-order valence-electron chi connectivity index (χ0n) is 8.23. The van der Waals surface area contributed by atoms with Crippen LogP contribution in [-0.2, 0) is 11.2 Å². The molecule has 1 aromatic heterocycles. The van der Waals surface area contributed by atoms with Crippen molar-refractivity contribution in [1.29, 1.82) is 0 Å². The number of carbonyl (C=O) groups is 1. The summed E-state index contributed by atoms with van der Waals surface area (Å²) in [7, 11) is 0. The molecule has 0 amide bonds. The Morgan fingerprint density at radius 1 is 1.69 bits per heavy atom. The summed E-state index contributed by atoms with van der Waals surface area (Å²) in [6.45, 7) is 0.389. The van der Waals surface area contributed by atoms with Gasteiger partial charge in [-0.15, -0.1) is 0 Å². The van der Waals surface area contributed by atoms with Crippen molar-refractivity contribution < 1.29 is 18.7 Å². The van der Waals surface area contributed by atoms with Crippen LogP contribution in [0.1, 0.15) is 18.3 Å². The molecule has 2 rings (SSSR count). The summed E-state index contributed by atoms with van der Waals surface area (Å²) < 4.78 is 26.4. The molecule has 1 atom stereocenters. The molecule has 16 heavy (non-hydrogen) atoms. The highest BCUT2D eigenvalue weighted by Crippen LogP contribution is 2.26. The number of aromatic nitrogens is 3. The van der Waals surface area contributed by atoms with Crippen LogP contribution in [0.5, 0.6) is 0 Å². The maximum atomic E-state index is 12.6. The summed E-state index contributed by atoms with van der Waals surface area (Å²) in [5, 5.41) is 15.1. The van der Waals surface area contributed by atoms with Crippen molar-refractivity contribution in [3.05, 3.63) is 5.82 Å². The fraction of sp³-hybridized carbons (Fsp3) is 0.625. The van der Waals surface area contributed by atoms with Crippen LogP contribution in [0.15, 0.2) is 0 Å². The second-order valence-electron chi connectivity index (χ2n) is 3.48. The van der Waals surface area contributed by atoms with Gasteiger partial charge >= 0.3 is 5.97 Å². The Morgan fingerprint density at radius 2 is 2.44 bits per heavy atom. The Morgan fingerprint density at radius 3 is 3.06 bits per heavy atom. The second-order valence-corrected chi connectivity index (χ2v) is 3.48. The van der Waals surface area contributed by atoms with Gasteiger partial charge in [0.05, 0.1) is 0 Å². The van der Waals surface area contributed by atoms with Gasteiger partial charge in [0.15, 0.2) is 5.82 Å². The average Bonchev–Trinajstić information content (AvgIpc) is 2.57. The van der Waals surface area contributed by atoms with E-state index in [1.165, 1.54) is 0 Å². The molecular weight excluding hydrogens is 222 g/mol. The topological polar surface area (TPSA) is 80.0 Å². The standard InChI is InChI=1S/C8H10F2N4O2/c9-7(10)4-1-2-11-8-12-5(3-6(15)16)13-14(4)8/h4,7H,1-3H2,(H,15,16)(H,11,12,13). The first kappa shape index (κ1) is 10.8. The monoisotopic (exact) mass is 232 g/mol. The first-order valence-electron chi connectivity index (χ1n) is 4.77. The number of nitrogens with zero attached hydrogens (tertiary/aromatic N) is 3. The number of carboxylic acid groups (broad SMARTS) is 1. The van der Waals surface area contributed by atoms with E-state index in [9.17, 15) is 13.6 Å². The van der Waals surface area contributed by atoms with Crippen molar-refractivity contribution in [1.82, 2.24) is 14.8 Å². The highest BCUT2D eigenvalue weighted by molar-refractivity contribution is 5.69. The summed E-state index contributed by atoms with van der Waals surface area (Å²) in [5.74, 6) is -0.827. The molecule has 0 saturated heterocycles. The summed E-state index contributed by atoms with van der Waals surface area (Å²) in [6.07, 6.45) is -2.64. The van der Waals surface area contributed by atoms with Crippen molar-refractivity contribution in [2.24, 2.45) is 0 Å². The van der Waals surface area contributed by atoms with Gasteiger partial charge in [-0.2, -0.15) is 10.1 Å². The third kappa shape index (κ3) is 1.95. The zero-order chi connectivity index (χ0) is 11.7. The van der Waals surface area contributed by atoms with Crippen molar-refractivity contribution in [2.45, 2.75) is 25.3 Å². The number of anilines is 1. The van der Waals surface area contributed by atoms with Crippen LogP contribution in [0.2, 0.25) is 0 Å². The van der Waals surface area contributed by atoms with Gasteiger partial charge in [-0.1, -0.05) is 0 Å². The third-order valence-electron chi connectivity index (χ3n) is 2.31. The van der Waals surface area contributed by atoms with Gasteiger partial charge in [0.2, 0.25) is 5.95 Å². The SMILES string of the molecule is O=C(O)Cc1nc2n(n1)C(C(F)F)CCN2. The highest BCUT2D eigenvalue weighted by atomic mass is 19.3. The Bertz CT molecular complexity index is 407. The summed E-state index contributed by atoms with van der Waals surface area (Å²) >= 11 is 0. The Hall–Kier alpha value is -1.73. The first-order chi connectivity index (χ1) is 7.58. The number of aliphatic carboxylic acids is 1. The van der Waals surface area contributed by atoms with Gasteiger partial charge < -0.3 is 10.4 Å². The van der Waals surface area contributed by atoms with E-state index in [-0.39, 0.29) is 24.6 Å². The Kier molecular flexibility index (Phi) is 2.71. The van der Waals surface area contributed by atoms with Crippen LogP contribution in [0.3, 0.4) is 0 Å². The lowest BCUT2D eigenvalue weighted by Gasteiger charge is -2.23. The lowest BCUT2D eigenvalue weighted by atomic mass is 10.2. The van der Waals surface area contributed by atoms with Gasteiger partial charge in [-0.05, 0) is 6.42 Å². The highest BCUT2D eigenvalue weighted by Gasteiger charge is 2.30. The van der Waals surface area contributed by atoms with Crippen molar-refractivity contribution in [2.75, 3.05) is 11.9 Å². The van der Waals surface area contributed by atoms with Crippen molar-refractivity contribution in [3.63, 3.8) is 0 Å². The van der Waals surface area contributed by atoms with E-state index in [1.807, 2.05) is 0 Å². The van der Waals surface area contributed by atoms with E-state index in [2.05, 4.69) is 15.4 Å². The maximum Gasteiger partial charge on any atom is 0.311 e. The molecule has 2 heterocycles. The number of hydrogen-bond acceptors (Lipinski definition) is 4. The smallest absolute Gasteiger partial charge is 0.311 e. The molecule has 8 heteroatoms. The number of carboxylic acids is 1. The molecule has 0 spiro atoms. The van der Waals surface area contributed by atoms with E-state index >= 15 is 0 Å². The molecule has 88 valence electrons. The molecule has 1 aromatic rings. The molecule has 0 aromatic carbocycles. The van der Waals surface area contributed by atoms with Crippen LogP contribution in [0.4, 0.5) is 14.7 Å². The van der Waals surface area contributed by atoms with Crippen LogP contribution >= 0.6 is 0 Å². The molecule has 1 aliphatic heterocycles. The molecule has 0 bridgehead atoms. The Labute approximate surface area is 89.3 Å². The first-order valence-corrected chi connectivity index (χ1v) is 4.77. The van der Waals surface area contributed by atoms with Gasteiger partial charge in [-0.3, -0.25) is 4.79 Å². The van der Waals surface area contributed by atoms with E-state index in [4.69, 9.17) is 5.11 Å². The van der Waals surface area contributed by atoms with Gasteiger partial charge in [0.1, 0.15) is 12.5 Å². The number of fused-ring (bicyclic) bond motifs is 1. The van der Waals surface area contributed by atoms with Crippen molar-refractivity contribution >= 4 is 11.9 Å². The lowest BCUT2D eigenvalue weighted by Crippen LogP contribution is -2.28. The number of halogens is 2. The number of hydrogen-bond donors (Lipinski definition) is 2. The predicted molar refractivity (Wildman–Crippen MR) is 49.5 cm³/mol. The van der Waals surface area contributed by atoms with Crippen LogP contribution in [-0.4, -0.2) is 38.8 Å². The number of nitrogens with one attached hydrogen (secondary N) is 1. The largest absolute Gasteiger partial charge is 0.481 e. The zero-order valence-corrected chi connectivity index (χ0v) is 8.23. The van der Waals surface area contributed by atoms with Gasteiger partial charge in [0, 0.05) is 6.54 Å². The normalized spacial score (nSPS) is 19.3. The molecule has 0 saturated carbocycles. The molecular formula is C8H10F2N4O2. The summed E-state index contributed by atoms with van der Waals surface area (Å²) in [6, 6.07) is -1.02. The van der Waals surface area contributed by atoms with Gasteiger partial charge in [-0.25, -0.2) is 13.5 Å². The lowest BCUT2D eigenvalue weighted by molar-refractivity contribution is -0.136. The van der Waals surface area contributed by atoms with Crippen LogP contribution < -0.4 is 5.32 Å². The molecule has 0 fully saturated rings. The minimum absolute atomic E-state index is 0.0440. The van der Waals surface area contributed by atoms with Crippen LogP contribution in [0.25, 0.3) is 0 Å². The quantitative estimate of drug-likeness (QED) is 0.794. The summed E-state index contributed by atoms with van der Waals surface area (Å²) in [5.41, 5.74) is 0. The average molecular weight is 232 g/mol. The van der Waals surface area contributed by atoms with Gasteiger partial charge in [0.25, 0.3) is 6.43 Å². The summed E-state index contributed by atoms with van der Waals surface area (Å²) in [4.78, 5) is 14.3. The van der Waals surface area contributed by atoms with E-state index in [1.54, 1.807) is 0 Å². The second kappa shape index (κ2) is 4.03. The molecule has 6 nitrogen and oxygen atoms in total. The number of rotatable bonds is 3. The molecule has 2 N–H and O–H groups in total. The van der Waals surface area contributed by atoms with Crippen LogP contribution in [0, 0.1) is 0 Å². The molecule has 1 unspecified atom stereocenters. The maximum absolute atomic E-state index is 12.6. The Balaban J connectivity index is 2.27. The van der Waals surface area contributed by atoms with E-state index < -0.39 is 18.4 Å². The third-order valence-corrected chi connectivity index (χ3v) is 2.31. The number of alkyl halides is 2. The minimum atomic E-state index is -2.53. The van der Waals surface area contributed by atoms with E-state index in [0.29, 0.717) is 6.54 Å². The fourth-order valence-corrected chi connectivity index (χ4v) is 1.62. The fourth-order valence-electron chi connectivity index (χ4n) is 1.62. The molecule has 1 aliphatic rings.